The predicted octanol–water partition coefficient (Wildman–Crippen LogP) is 0.886. The van der Waals surface area contributed by atoms with E-state index in [2.05, 4.69) is 26.1 Å². The molecule has 0 aliphatic rings. The summed E-state index contributed by atoms with van der Waals surface area (Å²) in [7, 11) is 0. The standard InChI is InChI=1S/C9H20N2O/c1-5-7(10)8(12)11-6-9(2,3)4/h7H,5-6,10H2,1-4H3,(H,11,12)/t7-/m0/s1. The van der Waals surface area contributed by atoms with Crippen LogP contribution in [0.3, 0.4) is 0 Å². The molecule has 0 aromatic heterocycles. The van der Waals surface area contributed by atoms with Crippen molar-refractivity contribution in [2.45, 2.75) is 40.2 Å². The summed E-state index contributed by atoms with van der Waals surface area (Å²) in [4.78, 5) is 11.2. The van der Waals surface area contributed by atoms with Gasteiger partial charge in [0.25, 0.3) is 0 Å². The highest BCUT2D eigenvalue weighted by atomic mass is 16.2. The van der Waals surface area contributed by atoms with Gasteiger partial charge in [0.05, 0.1) is 6.04 Å². The lowest BCUT2D eigenvalue weighted by molar-refractivity contribution is -0.122. The van der Waals surface area contributed by atoms with Gasteiger partial charge in [0.1, 0.15) is 0 Å². The predicted molar refractivity (Wildman–Crippen MR) is 50.7 cm³/mol. The summed E-state index contributed by atoms with van der Waals surface area (Å²) >= 11 is 0. The molecule has 0 rings (SSSR count). The van der Waals surface area contributed by atoms with Gasteiger partial charge in [-0.05, 0) is 11.8 Å². The maximum absolute atomic E-state index is 11.2. The van der Waals surface area contributed by atoms with Crippen molar-refractivity contribution in [3.05, 3.63) is 0 Å². The lowest BCUT2D eigenvalue weighted by Crippen LogP contribution is -2.43. The van der Waals surface area contributed by atoms with Crippen molar-refractivity contribution in [3.8, 4) is 0 Å². The summed E-state index contributed by atoms with van der Waals surface area (Å²) in [5.74, 6) is -0.0487. The van der Waals surface area contributed by atoms with Crippen molar-refractivity contribution >= 4 is 5.91 Å². The van der Waals surface area contributed by atoms with E-state index in [1.807, 2.05) is 6.92 Å². The second-order valence-corrected chi connectivity index (χ2v) is 4.29. The fourth-order valence-electron chi connectivity index (χ4n) is 0.669. The fraction of sp³-hybridized carbons (Fsp3) is 0.889. The van der Waals surface area contributed by atoms with Gasteiger partial charge >= 0.3 is 0 Å². The van der Waals surface area contributed by atoms with Crippen LogP contribution >= 0.6 is 0 Å². The summed E-state index contributed by atoms with van der Waals surface area (Å²) in [6.45, 7) is 8.81. The Morgan fingerprint density at radius 1 is 1.50 bits per heavy atom. The first-order valence-electron chi connectivity index (χ1n) is 4.40. The Bertz CT molecular complexity index is 149. The molecule has 0 aliphatic heterocycles. The van der Waals surface area contributed by atoms with Crippen LogP contribution in [-0.4, -0.2) is 18.5 Å². The van der Waals surface area contributed by atoms with E-state index in [4.69, 9.17) is 5.73 Å². The van der Waals surface area contributed by atoms with Crippen molar-refractivity contribution in [1.82, 2.24) is 5.32 Å². The van der Waals surface area contributed by atoms with Gasteiger partial charge in [0.15, 0.2) is 0 Å². The van der Waals surface area contributed by atoms with Crippen LogP contribution in [0.2, 0.25) is 0 Å². The first-order chi connectivity index (χ1) is 5.37. The second-order valence-electron chi connectivity index (χ2n) is 4.29. The molecule has 0 heterocycles. The van der Waals surface area contributed by atoms with E-state index in [0.29, 0.717) is 13.0 Å². The van der Waals surface area contributed by atoms with Crippen LogP contribution < -0.4 is 11.1 Å². The first kappa shape index (κ1) is 11.4. The number of amides is 1. The molecule has 0 radical (unpaired) electrons. The number of nitrogens with two attached hydrogens (primary N) is 1. The van der Waals surface area contributed by atoms with Gasteiger partial charge in [0.2, 0.25) is 5.91 Å². The van der Waals surface area contributed by atoms with Crippen LogP contribution in [0, 0.1) is 5.41 Å². The smallest absolute Gasteiger partial charge is 0.236 e. The third-order valence-electron chi connectivity index (χ3n) is 1.57. The third-order valence-corrected chi connectivity index (χ3v) is 1.57. The lowest BCUT2D eigenvalue weighted by Gasteiger charge is -2.20. The topological polar surface area (TPSA) is 55.1 Å². The molecule has 3 nitrogen and oxygen atoms in total. The van der Waals surface area contributed by atoms with Gasteiger partial charge < -0.3 is 11.1 Å². The average Bonchev–Trinajstić information content (AvgIpc) is 1.97. The van der Waals surface area contributed by atoms with Crippen molar-refractivity contribution in [1.29, 1.82) is 0 Å². The summed E-state index contributed by atoms with van der Waals surface area (Å²) in [5.41, 5.74) is 5.66. The van der Waals surface area contributed by atoms with E-state index in [0.717, 1.165) is 0 Å². The minimum absolute atomic E-state index is 0.0487. The highest BCUT2D eigenvalue weighted by molar-refractivity contribution is 5.81. The maximum atomic E-state index is 11.2. The molecule has 1 atom stereocenters. The molecule has 0 fully saturated rings. The van der Waals surface area contributed by atoms with Gasteiger partial charge in [0, 0.05) is 6.54 Å². The minimum atomic E-state index is -0.354. The number of carbonyl (C=O) groups excluding carboxylic acids is 1. The van der Waals surface area contributed by atoms with Crippen LogP contribution in [0.5, 0.6) is 0 Å². The highest BCUT2D eigenvalue weighted by Gasteiger charge is 2.15. The Kier molecular flexibility index (Phi) is 4.24. The number of rotatable bonds is 3. The molecule has 1 amide bonds. The highest BCUT2D eigenvalue weighted by Crippen LogP contribution is 2.10. The molecule has 0 unspecified atom stereocenters. The van der Waals surface area contributed by atoms with E-state index in [-0.39, 0.29) is 17.4 Å². The van der Waals surface area contributed by atoms with Gasteiger partial charge in [-0.3, -0.25) is 4.79 Å². The molecule has 0 aliphatic carbocycles. The summed E-state index contributed by atoms with van der Waals surface area (Å²) < 4.78 is 0. The van der Waals surface area contributed by atoms with Crippen LogP contribution in [0.15, 0.2) is 0 Å². The summed E-state index contributed by atoms with van der Waals surface area (Å²) in [6.07, 6.45) is 0.690. The van der Waals surface area contributed by atoms with Crippen molar-refractivity contribution in [2.75, 3.05) is 6.54 Å². The molecule has 0 spiro atoms. The monoisotopic (exact) mass is 172 g/mol. The summed E-state index contributed by atoms with van der Waals surface area (Å²) in [5, 5.41) is 2.81. The van der Waals surface area contributed by atoms with E-state index in [1.165, 1.54) is 0 Å². The Hall–Kier alpha value is -0.570. The molecule has 12 heavy (non-hydrogen) atoms. The van der Waals surface area contributed by atoms with Crippen molar-refractivity contribution in [3.63, 3.8) is 0 Å². The molecule has 0 bridgehead atoms. The average molecular weight is 172 g/mol. The Morgan fingerprint density at radius 3 is 2.33 bits per heavy atom. The molecule has 3 heteroatoms. The van der Waals surface area contributed by atoms with Gasteiger partial charge in [-0.25, -0.2) is 0 Å². The number of carbonyl (C=O) groups is 1. The fourth-order valence-corrected chi connectivity index (χ4v) is 0.669. The molecule has 0 aromatic carbocycles. The lowest BCUT2D eigenvalue weighted by atomic mass is 9.97. The zero-order chi connectivity index (χ0) is 9.78. The van der Waals surface area contributed by atoms with Crippen LogP contribution in [0.1, 0.15) is 34.1 Å². The maximum Gasteiger partial charge on any atom is 0.236 e. The van der Waals surface area contributed by atoms with Crippen molar-refractivity contribution in [2.24, 2.45) is 11.1 Å². The molecule has 0 saturated carbocycles. The Balaban J connectivity index is 3.72. The Morgan fingerprint density at radius 2 is 2.00 bits per heavy atom. The normalized spacial score (nSPS) is 14.1. The zero-order valence-corrected chi connectivity index (χ0v) is 8.48. The van der Waals surface area contributed by atoms with Crippen LogP contribution in [-0.2, 0) is 4.79 Å². The van der Waals surface area contributed by atoms with Crippen LogP contribution in [0.4, 0.5) is 0 Å². The molecule has 0 aromatic rings. The minimum Gasteiger partial charge on any atom is -0.354 e. The number of hydrogen-bond acceptors (Lipinski definition) is 2. The van der Waals surface area contributed by atoms with E-state index >= 15 is 0 Å². The molecule has 72 valence electrons. The Labute approximate surface area is 74.7 Å². The largest absolute Gasteiger partial charge is 0.354 e. The van der Waals surface area contributed by atoms with Crippen molar-refractivity contribution < 1.29 is 4.79 Å². The van der Waals surface area contributed by atoms with Gasteiger partial charge in [-0.15, -0.1) is 0 Å². The van der Waals surface area contributed by atoms with Gasteiger partial charge in [-0.2, -0.15) is 0 Å². The molecular weight excluding hydrogens is 152 g/mol. The molecule has 0 saturated heterocycles. The number of hydrogen-bond donors (Lipinski definition) is 2. The van der Waals surface area contributed by atoms with Crippen LogP contribution in [0.25, 0.3) is 0 Å². The van der Waals surface area contributed by atoms with Gasteiger partial charge in [-0.1, -0.05) is 27.7 Å². The zero-order valence-electron chi connectivity index (χ0n) is 8.48. The molecule has 3 N–H and O–H groups in total. The van der Waals surface area contributed by atoms with E-state index < -0.39 is 0 Å². The first-order valence-corrected chi connectivity index (χ1v) is 4.40. The quantitative estimate of drug-likeness (QED) is 0.664. The van der Waals surface area contributed by atoms with E-state index in [1.54, 1.807) is 0 Å². The molecular formula is C9H20N2O. The SMILES string of the molecule is CC[C@H](N)C(=O)NCC(C)(C)C. The summed E-state index contributed by atoms with van der Waals surface area (Å²) in [6, 6.07) is -0.354. The second kappa shape index (κ2) is 4.45. The third kappa shape index (κ3) is 5.13. The van der Waals surface area contributed by atoms with E-state index in [9.17, 15) is 4.79 Å². The number of nitrogens with one attached hydrogen (secondary N) is 1.